The van der Waals surface area contributed by atoms with Crippen LogP contribution in [-0.4, -0.2) is 9.55 Å². The number of para-hydroxylation sites is 1. The third kappa shape index (κ3) is 1.84. The van der Waals surface area contributed by atoms with Gasteiger partial charge in [0.15, 0.2) is 0 Å². The van der Waals surface area contributed by atoms with E-state index < -0.39 is 17.1 Å². The summed E-state index contributed by atoms with van der Waals surface area (Å²) < 4.78 is 14.6. The summed E-state index contributed by atoms with van der Waals surface area (Å²) in [4.78, 5) is 27.1. The van der Waals surface area contributed by atoms with E-state index >= 15 is 0 Å². The van der Waals surface area contributed by atoms with Crippen LogP contribution in [0, 0.1) is 12.7 Å². The van der Waals surface area contributed by atoms with Crippen LogP contribution in [0.15, 0.2) is 52.1 Å². The summed E-state index contributed by atoms with van der Waals surface area (Å²) in [5, 5.41) is 0.346. The number of nitrogens with one attached hydrogen (secondary N) is 1. The Morgan fingerprint density at radius 3 is 2.60 bits per heavy atom. The van der Waals surface area contributed by atoms with Crippen molar-refractivity contribution >= 4 is 10.9 Å². The van der Waals surface area contributed by atoms with Crippen molar-refractivity contribution < 1.29 is 4.39 Å². The predicted molar refractivity (Wildman–Crippen MR) is 74.9 cm³/mol. The van der Waals surface area contributed by atoms with Gasteiger partial charge in [0.05, 0.1) is 16.6 Å². The lowest BCUT2D eigenvalue weighted by molar-refractivity contribution is 0.613. The van der Waals surface area contributed by atoms with E-state index in [1.807, 2.05) is 6.92 Å². The third-order valence-electron chi connectivity index (χ3n) is 3.15. The quantitative estimate of drug-likeness (QED) is 0.736. The Balaban J connectivity index is 2.44. The molecule has 0 saturated carbocycles. The van der Waals surface area contributed by atoms with E-state index in [4.69, 9.17) is 0 Å². The van der Waals surface area contributed by atoms with Crippen molar-refractivity contribution in [2.75, 3.05) is 0 Å². The Bertz CT molecular complexity index is 925. The molecule has 0 saturated heterocycles. The second-order valence-corrected chi connectivity index (χ2v) is 4.57. The lowest BCUT2D eigenvalue weighted by Gasteiger charge is -2.07. The molecule has 100 valence electrons. The minimum atomic E-state index is -0.654. The molecule has 0 aliphatic carbocycles. The van der Waals surface area contributed by atoms with Crippen LogP contribution < -0.4 is 11.2 Å². The number of H-pyrrole nitrogens is 1. The van der Waals surface area contributed by atoms with Gasteiger partial charge >= 0.3 is 5.69 Å². The zero-order valence-electron chi connectivity index (χ0n) is 10.7. The van der Waals surface area contributed by atoms with Crippen molar-refractivity contribution in [2.24, 2.45) is 0 Å². The molecule has 0 spiro atoms. The van der Waals surface area contributed by atoms with Crippen LogP contribution in [0.4, 0.5) is 4.39 Å². The molecule has 5 heteroatoms. The zero-order chi connectivity index (χ0) is 14.3. The first-order valence-corrected chi connectivity index (χ1v) is 6.08. The molecule has 0 amide bonds. The van der Waals surface area contributed by atoms with Crippen molar-refractivity contribution in [3.8, 4) is 5.69 Å². The molecule has 0 bridgehead atoms. The summed E-state index contributed by atoms with van der Waals surface area (Å²) in [7, 11) is 0. The molecule has 0 unspecified atom stereocenters. The lowest BCUT2D eigenvalue weighted by atomic mass is 10.2. The number of benzene rings is 2. The zero-order valence-corrected chi connectivity index (χ0v) is 10.7. The standard InChI is InChI=1S/C15H11FN2O2/c1-9-6-7-10-12(8-9)17-15(20)18(14(10)19)13-5-3-2-4-11(13)16/h2-8H,1H3,(H,17,20). The minimum Gasteiger partial charge on any atom is -0.306 e. The van der Waals surface area contributed by atoms with Gasteiger partial charge in [-0.2, -0.15) is 0 Å². The Labute approximate surface area is 113 Å². The molecule has 0 atom stereocenters. The first-order chi connectivity index (χ1) is 9.58. The summed E-state index contributed by atoms with van der Waals surface area (Å²) in [6.45, 7) is 1.86. The molecule has 0 aliphatic heterocycles. The Morgan fingerprint density at radius 2 is 1.85 bits per heavy atom. The maximum absolute atomic E-state index is 13.8. The number of nitrogens with zero attached hydrogens (tertiary/aromatic N) is 1. The van der Waals surface area contributed by atoms with Crippen molar-refractivity contribution in [3.63, 3.8) is 0 Å². The molecule has 1 N–H and O–H groups in total. The van der Waals surface area contributed by atoms with E-state index in [9.17, 15) is 14.0 Å². The summed E-state index contributed by atoms with van der Waals surface area (Å²) >= 11 is 0. The molecule has 0 aliphatic rings. The Kier molecular flexibility index (Phi) is 2.75. The molecule has 0 fully saturated rings. The fourth-order valence-corrected chi connectivity index (χ4v) is 2.18. The number of fused-ring (bicyclic) bond motifs is 1. The van der Waals surface area contributed by atoms with Gasteiger partial charge in [0.1, 0.15) is 5.82 Å². The van der Waals surface area contributed by atoms with Crippen LogP contribution in [0.5, 0.6) is 0 Å². The first-order valence-electron chi connectivity index (χ1n) is 6.08. The molecule has 20 heavy (non-hydrogen) atoms. The van der Waals surface area contributed by atoms with Gasteiger partial charge < -0.3 is 4.98 Å². The van der Waals surface area contributed by atoms with Crippen LogP contribution in [0.2, 0.25) is 0 Å². The maximum atomic E-state index is 13.8. The molecule has 2 aromatic carbocycles. The van der Waals surface area contributed by atoms with Crippen molar-refractivity contribution in [3.05, 3.63) is 74.7 Å². The van der Waals surface area contributed by atoms with Gasteiger partial charge in [0.2, 0.25) is 0 Å². The number of aryl methyl sites for hydroxylation is 1. The van der Waals surface area contributed by atoms with Crippen LogP contribution >= 0.6 is 0 Å². The minimum absolute atomic E-state index is 0.0544. The summed E-state index contributed by atoms with van der Waals surface area (Å²) in [6, 6.07) is 10.8. The average Bonchev–Trinajstić information content (AvgIpc) is 2.40. The second-order valence-electron chi connectivity index (χ2n) is 4.57. The highest BCUT2D eigenvalue weighted by Gasteiger charge is 2.12. The monoisotopic (exact) mass is 270 g/mol. The number of hydrogen-bond acceptors (Lipinski definition) is 2. The van der Waals surface area contributed by atoms with Gasteiger partial charge in [-0.05, 0) is 36.8 Å². The molecule has 4 nitrogen and oxygen atoms in total. The van der Waals surface area contributed by atoms with Gasteiger partial charge in [0.25, 0.3) is 5.56 Å². The molecular weight excluding hydrogens is 259 g/mol. The summed E-state index contributed by atoms with van der Waals surface area (Å²) in [6.07, 6.45) is 0. The predicted octanol–water partition coefficient (Wildman–Crippen LogP) is 2.13. The van der Waals surface area contributed by atoms with E-state index in [1.54, 1.807) is 24.3 Å². The van der Waals surface area contributed by atoms with Gasteiger partial charge in [-0.3, -0.25) is 4.79 Å². The third-order valence-corrected chi connectivity index (χ3v) is 3.15. The van der Waals surface area contributed by atoms with Gasteiger partial charge in [0, 0.05) is 0 Å². The number of halogens is 1. The van der Waals surface area contributed by atoms with Crippen LogP contribution in [-0.2, 0) is 0 Å². The highest BCUT2D eigenvalue weighted by Crippen LogP contribution is 2.11. The lowest BCUT2D eigenvalue weighted by Crippen LogP contribution is -2.34. The topological polar surface area (TPSA) is 54.9 Å². The number of aromatic amines is 1. The normalized spacial score (nSPS) is 10.9. The fourth-order valence-electron chi connectivity index (χ4n) is 2.18. The van der Waals surface area contributed by atoms with E-state index in [1.165, 1.54) is 18.2 Å². The van der Waals surface area contributed by atoms with E-state index in [2.05, 4.69) is 4.98 Å². The largest absolute Gasteiger partial charge is 0.333 e. The fraction of sp³-hybridized carbons (Fsp3) is 0.0667. The molecule has 1 aromatic heterocycles. The first kappa shape index (κ1) is 12.3. The second kappa shape index (κ2) is 4.45. The van der Waals surface area contributed by atoms with E-state index in [0.29, 0.717) is 10.9 Å². The van der Waals surface area contributed by atoms with Gasteiger partial charge in [-0.15, -0.1) is 0 Å². The Morgan fingerprint density at radius 1 is 1.10 bits per heavy atom. The molecule has 3 rings (SSSR count). The van der Waals surface area contributed by atoms with Crippen LogP contribution in [0.3, 0.4) is 0 Å². The number of rotatable bonds is 1. The van der Waals surface area contributed by atoms with E-state index in [-0.39, 0.29) is 5.69 Å². The van der Waals surface area contributed by atoms with Crippen molar-refractivity contribution in [1.29, 1.82) is 0 Å². The highest BCUT2D eigenvalue weighted by molar-refractivity contribution is 5.78. The summed E-state index contributed by atoms with van der Waals surface area (Å²) in [5.74, 6) is -0.619. The SMILES string of the molecule is Cc1ccc2c(=O)n(-c3ccccc3F)c(=O)[nH]c2c1. The number of hydrogen-bond donors (Lipinski definition) is 1. The molecule has 1 heterocycles. The molecule has 0 radical (unpaired) electrons. The Hall–Kier alpha value is -2.69. The maximum Gasteiger partial charge on any atom is 0.333 e. The van der Waals surface area contributed by atoms with Gasteiger partial charge in [-0.25, -0.2) is 13.8 Å². The van der Waals surface area contributed by atoms with E-state index in [0.717, 1.165) is 10.1 Å². The van der Waals surface area contributed by atoms with Crippen LogP contribution in [0.25, 0.3) is 16.6 Å². The van der Waals surface area contributed by atoms with Crippen molar-refractivity contribution in [2.45, 2.75) is 6.92 Å². The highest BCUT2D eigenvalue weighted by atomic mass is 19.1. The molecule has 3 aromatic rings. The number of aromatic nitrogens is 2. The summed E-state index contributed by atoms with van der Waals surface area (Å²) in [5.41, 5.74) is 0.136. The van der Waals surface area contributed by atoms with Crippen molar-refractivity contribution in [1.82, 2.24) is 9.55 Å². The smallest absolute Gasteiger partial charge is 0.306 e. The van der Waals surface area contributed by atoms with Gasteiger partial charge in [-0.1, -0.05) is 18.2 Å². The van der Waals surface area contributed by atoms with Crippen LogP contribution in [0.1, 0.15) is 5.56 Å². The average molecular weight is 270 g/mol. The molecular formula is C15H11FN2O2.